The maximum absolute atomic E-state index is 11.9. The van der Waals surface area contributed by atoms with Crippen molar-refractivity contribution in [1.82, 2.24) is 5.32 Å². The van der Waals surface area contributed by atoms with Gasteiger partial charge < -0.3 is 14.8 Å². The van der Waals surface area contributed by atoms with Crippen LogP contribution >= 0.6 is 0 Å². The molecule has 0 aliphatic carbocycles. The van der Waals surface area contributed by atoms with E-state index in [1.54, 1.807) is 25.3 Å². The maximum atomic E-state index is 11.9. The quantitative estimate of drug-likeness (QED) is 0.812. The van der Waals surface area contributed by atoms with Gasteiger partial charge in [-0.15, -0.1) is 0 Å². The van der Waals surface area contributed by atoms with Gasteiger partial charge in [0.05, 0.1) is 20.8 Å². The molecule has 0 radical (unpaired) electrons. The fourth-order valence-electron chi connectivity index (χ4n) is 1.31. The maximum Gasteiger partial charge on any atom is 0.250 e. The zero-order valence-electron chi connectivity index (χ0n) is 9.30. The van der Waals surface area contributed by atoms with Gasteiger partial charge in [-0.3, -0.25) is 0 Å². The van der Waals surface area contributed by atoms with Crippen LogP contribution in [0.5, 0.6) is 11.5 Å². The lowest BCUT2D eigenvalue weighted by Gasteiger charge is -2.11. The smallest absolute Gasteiger partial charge is 0.250 e. The lowest BCUT2D eigenvalue weighted by Crippen LogP contribution is -2.20. The van der Waals surface area contributed by atoms with Crippen molar-refractivity contribution in [3.63, 3.8) is 0 Å². The minimum Gasteiger partial charge on any atom is -0.497 e. The van der Waals surface area contributed by atoms with Crippen LogP contribution in [-0.2, 0) is 6.54 Å². The van der Waals surface area contributed by atoms with E-state index in [9.17, 15) is 8.78 Å². The van der Waals surface area contributed by atoms with Crippen LogP contribution in [0, 0.1) is 0 Å². The molecule has 3 nitrogen and oxygen atoms in total. The van der Waals surface area contributed by atoms with Gasteiger partial charge in [-0.05, 0) is 6.07 Å². The Bertz CT molecular complexity index is 332. The lowest BCUT2D eigenvalue weighted by atomic mass is 10.2. The van der Waals surface area contributed by atoms with E-state index < -0.39 is 6.43 Å². The van der Waals surface area contributed by atoms with Crippen molar-refractivity contribution in [2.24, 2.45) is 0 Å². The first-order valence-electron chi connectivity index (χ1n) is 4.87. The molecule has 0 aromatic heterocycles. The molecule has 0 saturated carbocycles. The molecule has 0 atom stereocenters. The second-order valence-electron chi connectivity index (χ2n) is 3.20. The Kier molecular flexibility index (Phi) is 4.98. The standard InChI is InChI=1S/C11H15F2NO2/c1-15-9-4-3-8(10(5-9)16-2)6-14-7-11(12)13/h3-5,11,14H,6-7H2,1-2H3. The number of rotatable bonds is 6. The highest BCUT2D eigenvalue weighted by atomic mass is 19.3. The second kappa shape index (κ2) is 6.27. The molecule has 0 heterocycles. The van der Waals surface area contributed by atoms with Gasteiger partial charge in [0.1, 0.15) is 11.5 Å². The van der Waals surface area contributed by atoms with Crippen LogP contribution in [-0.4, -0.2) is 27.2 Å². The summed E-state index contributed by atoms with van der Waals surface area (Å²) in [5.41, 5.74) is 0.823. The van der Waals surface area contributed by atoms with E-state index in [0.717, 1.165) is 5.56 Å². The van der Waals surface area contributed by atoms with Crippen molar-refractivity contribution < 1.29 is 18.3 Å². The van der Waals surface area contributed by atoms with Gasteiger partial charge in [-0.1, -0.05) is 6.07 Å². The van der Waals surface area contributed by atoms with Crippen LogP contribution < -0.4 is 14.8 Å². The van der Waals surface area contributed by atoms with E-state index in [4.69, 9.17) is 9.47 Å². The first-order chi connectivity index (χ1) is 7.67. The number of hydrogen-bond acceptors (Lipinski definition) is 3. The molecule has 0 amide bonds. The molecule has 1 aromatic carbocycles. The van der Waals surface area contributed by atoms with E-state index >= 15 is 0 Å². The number of alkyl halides is 2. The summed E-state index contributed by atoms with van der Waals surface area (Å²) in [4.78, 5) is 0. The molecule has 0 spiro atoms. The number of hydrogen-bond donors (Lipinski definition) is 1. The Morgan fingerprint density at radius 2 is 2.00 bits per heavy atom. The number of halogens is 2. The molecule has 16 heavy (non-hydrogen) atoms. The molecule has 0 saturated heterocycles. The zero-order valence-corrected chi connectivity index (χ0v) is 9.30. The van der Waals surface area contributed by atoms with Crippen molar-refractivity contribution >= 4 is 0 Å². The van der Waals surface area contributed by atoms with Crippen molar-refractivity contribution in [2.75, 3.05) is 20.8 Å². The van der Waals surface area contributed by atoms with Gasteiger partial charge in [0.25, 0.3) is 6.43 Å². The molecular formula is C11H15F2NO2. The third-order valence-corrected chi connectivity index (χ3v) is 2.11. The second-order valence-corrected chi connectivity index (χ2v) is 3.20. The third-order valence-electron chi connectivity index (χ3n) is 2.11. The fourth-order valence-corrected chi connectivity index (χ4v) is 1.31. The summed E-state index contributed by atoms with van der Waals surface area (Å²) in [6.45, 7) is 0.0205. The Balaban J connectivity index is 2.64. The normalized spacial score (nSPS) is 10.6. The van der Waals surface area contributed by atoms with Crippen molar-refractivity contribution in [2.45, 2.75) is 13.0 Å². The van der Waals surface area contributed by atoms with Gasteiger partial charge in [-0.2, -0.15) is 0 Å². The Morgan fingerprint density at radius 1 is 1.25 bits per heavy atom. The van der Waals surface area contributed by atoms with Crippen LogP contribution in [0.2, 0.25) is 0 Å². The molecule has 1 N–H and O–H groups in total. The van der Waals surface area contributed by atoms with E-state index in [1.807, 2.05) is 0 Å². The molecule has 0 bridgehead atoms. The average Bonchev–Trinajstić information content (AvgIpc) is 2.29. The van der Waals surface area contributed by atoms with Crippen LogP contribution in [0.1, 0.15) is 5.56 Å². The Hall–Kier alpha value is -1.36. The predicted octanol–water partition coefficient (Wildman–Crippen LogP) is 2.06. The zero-order chi connectivity index (χ0) is 12.0. The monoisotopic (exact) mass is 231 g/mol. The highest BCUT2D eigenvalue weighted by molar-refractivity contribution is 5.40. The topological polar surface area (TPSA) is 30.5 Å². The number of methoxy groups -OCH3 is 2. The van der Waals surface area contributed by atoms with Crippen molar-refractivity contribution in [3.8, 4) is 11.5 Å². The summed E-state index contributed by atoms with van der Waals surface area (Å²) < 4.78 is 34.0. The number of ether oxygens (including phenoxy) is 2. The van der Waals surface area contributed by atoms with Crippen LogP contribution in [0.25, 0.3) is 0 Å². The summed E-state index contributed by atoms with van der Waals surface area (Å²) in [5.74, 6) is 1.30. The molecule has 0 aliphatic rings. The van der Waals surface area contributed by atoms with E-state index in [2.05, 4.69) is 5.32 Å². The third kappa shape index (κ3) is 3.66. The summed E-state index contributed by atoms with van der Waals surface area (Å²) >= 11 is 0. The highest BCUT2D eigenvalue weighted by Gasteiger charge is 2.06. The van der Waals surface area contributed by atoms with Gasteiger partial charge >= 0.3 is 0 Å². The SMILES string of the molecule is COc1ccc(CNCC(F)F)c(OC)c1. The predicted molar refractivity (Wildman–Crippen MR) is 57.3 cm³/mol. The molecular weight excluding hydrogens is 216 g/mol. The molecule has 0 fully saturated rings. The molecule has 90 valence electrons. The highest BCUT2D eigenvalue weighted by Crippen LogP contribution is 2.24. The minimum absolute atomic E-state index is 0.324. The summed E-state index contributed by atoms with van der Waals surface area (Å²) in [7, 11) is 3.09. The van der Waals surface area contributed by atoms with Gasteiger partial charge in [-0.25, -0.2) is 8.78 Å². The summed E-state index contributed by atoms with van der Waals surface area (Å²) in [5, 5.41) is 2.64. The van der Waals surface area contributed by atoms with Crippen molar-refractivity contribution in [1.29, 1.82) is 0 Å². The van der Waals surface area contributed by atoms with Crippen molar-refractivity contribution in [3.05, 3.63) is 23.8 Å². The van der Waals surface area contributed by atoms with Gasteiger partial charge in [0.2, 0.25) is 0 Å². The molecule has 0 aliphatic heterocycles. The molecule has 1 aromatic rings. The van der Waals surface area contributed by atoms with E-state index in [1.165, 1.54) is 7.11 Å². The lowest BCUT2D eigenvalue weighted by molar-refractivity contribution is 0.145. The summed E-state index contributed by atoms with van der Waals surface area (Å²) in [6.07, 6.45) is -2.34. The number of benzene rings is 1. The first kappa shape index (κ1) is 12.7. The van der Waals surface area contributed by atoms with Gasteiger partial charge in [0, 0.05) is 18.2 Å². The molecule has 1 rings (SSSR count). The van der Waals surface area contributed by atoms with Crippen LogP contribution in [0.3, 0.4) is 0 Å². The Morgan fingerprint density at radius 3 is 2.56 bits per heavy atom. The van der Waals surface area contributed by atoms with Gasteiger partial charge in [0.15, 0.2) is 0 Å². The van der Waals surface area contributed by atoms with E-state index in [0.29, 0.717) is 18.0 Å². The number of nitrogens with one attached hydrogen (secondary N) is 1. The average molecular weight is 231 g/mol. The van der Waals surface area contributed by atoms with Crippen LogP contribution in [0.4, 0.5) is 8.78 Å². The minimum atomic E-state index is -2.34. The molecule has 0 unspecified atom stereocenters. The van der Waals surface area contributed by atoms with Crippen LogP contribution in [0.15, 0.2) is 18.2 Å². The summed E-state index contributed by atoms with van der Waals surface area (Å²) in [6, 6.07) is 5.28. The molecule has 5 heteroatoms. The first-order valence-corrected chi connectivity index (χ1v) is 4.87. The van der Waals surface area contributed by atoms with E-state index in [-0.39, 0.29) is 6.54 Å². The largest absolute Gasteiger partial charge is 0.497 e. The Labute approximate surface area is 93.4 Å². The fraction of sp³-hybridized carbons (Fsp3) is 0.455.